The summed E-state index contributed by atoms with van der Waals surface area (Å²) in [5, 5.41) is 0. The van der Waals surface area contributed by atoms with Gasteiger partial charge in [-0.05, 0) is 30.9 Å². The second-order valence-corrected chi connectivity index (χ2v) is 7.92. The Morgan fingerprint density at radius 3 is 2.54 bits per heavy atom. The van der Waals surface area contributed by atoms with Gasteiger partial charge < -0.3 is 19.1 Å². The summed E-state index contributed by atoms with van der Waals surface area (Å²) in [6.45, 7) is 4.38. The first-order chi connectivity index (χ1) is 13.5. The third-order valence-electron chi connectivity index (χ3n) is 5.74. The summed E-state index contributed by atoms with van der Waals surface area (Å²) in [5.41, 5.74) is 1.07. The van der Waals surface area contributed by atoms with Gasteiger partial charge in [-0.3, -0.25) is 9.59 Å². The Labute approximate surface area is 169 Å². The van der Waals surface area contributed by atoms with E-state index >= 15 is 0 Å². The first-order valence-corrected chi connectivity index (χ1v) is 10.7. The summed E-state index contributed by atoms with van der Waals surface area (Å²) in [5.74, 6) is 0.798. The lowest BCUT2D eigenvalue weighted by atomic mass is 10.0. The maximum Gasteiger partial charge on any atom is 0.242 e. The van der Waals surface area contributed by atoms with Crippen LogP contribution in [0.25, 0.3) is 0 Å². The van der Waals surface area contributed by atoms with Crippen LogP contribution in [0.2, 0.25) is 0 Å². The standard InChI is InChI=1S/C22H37N3O3/c1-4-13-24(21(26)12-11-19-8-5-6-9-19)18-22(27)25(15-16-28-3)17-20-10-7-14-23(20)2/h7,10,14,19H,4-6,8-9,11-13,15-18H2,1-3H3. The molecule has 158 valence electrons. The number of nitrogens with zero attached hydrogens (tertiary/aromatic N) is 3. The van der Waals surface area contributed by atoms with Crippen molar-refractivity contribution in [1.29, 1.82) is 0 Å². The topological polar surface area (TPSA) is 54.8 Å². The Morgan fingerprint density at radius 2 is 1.93 bits per heavy atom. The molecule has 2 amide bonds. The molecule has 2 rings (SSSR count). The van der Waals surface area contributed by atoms with E-state index in [0.717, 1.165) is 18.5 Å². The van der Waals surface area contributed by atoms with Crippen molar-refractivity contribution in [3.63, 3.8) is 0 Å². The van der Waals surface area contributed by atoms with Gasteiger partial charge in [0.15, 0.2) is 0 Å². The fraction of sp³-hybridized carbons (Fsp3) is 0.727. The third-order valence-corrected chi connectivity index (χ3v) is 5.74. The number of aromatic nitrogens is 1. The average molecular weight is 392 g/mol. The van der Waals surface area contributed by atoms with E-state index < -0.39 is 0 Å². The fourth-order valence-corrected chi connectivity index (χ4v) is 3.96. The van der Waals surface area contributed by atoms with E-state index in [1.807, 2.05) is 36.9 Å². The molecule has 0 spiro atoms. The van der Waals surface area contributed by atoms with Crippen LogP contribution < -0.4 is 0 Å². The van der Waals surface area contributed by atoms with Crippen molar-refractivity contribution >= 4 is 11.8 Å². The summed E-state index contributed by atoms with van der Waals surface area (Å²) < 4.78 is 7.20. The molecule has 1 aromatic heterocycles. The molecule has 0 saturated heterocycles. The molecule has 0 unspecified atom stereocenters. The molecule has 6 heteroatoms. The lowest BCUT2D eigenvalue weighted by Gasteiger charge is -2.28. The number of carbonyl (C=O) groups is 2. The van der Waals surface area contributed by atoms with E-state index in [4.69, 9.17) is 4.74 Å². The summed E-state index contributed by atoms with van der Waals surface area (Å²) >= 11 is 0. The zero-order valence-electron chi connectivity index (χ0n) is 17.9. The van der Waals surface area contributed by atoms with Gasteiger partial charge in [0, 0.05) is 45.6 Å². The second-order valence-electron chi connectivity index (χ2n) is 7.92. The average Bonchev–Trinajstić information content (AvgIpc) is 3.34. The van der Waals surface area contributed by atoms with Crippen LogP contribution in [-0.2, 0) is 27.9 Å². The molecule has 0 bridgehead atoms. The molecule has 0 N–H and O–H groups in total. The highest BCUT2D eigenvalue weighted by Gasteiger charge is 2.23. The van der Waals surface area contributed by atoms with E-state index in [2.05, 4.69) is 0 Å². The van der Waals surface area contributed by atoms with Gasteiger partial charge in [0.1, 0.15) is 0 Å². The molecule has 1 aromatic rings. The number of amides is 2. The van der Waals surface area contributed by atoms with Crippen LogP contribution in [0.1, 0.15) is 57.6 Å². The molecule has 0 atom stereocenters. The van der Waals surface area contributed by atoms with Gasteiger partial charge >= 0.3 is 0 Å². The largest absolute Gasteiger partial charge is 0.383 e. The van der Waals surface area contributed by atoms with Gasteiger partial charge in [-0.25, -0.2) is 0 Å². The summed E-state index contributed by atoms with van der Waals surface area (Å²) in [7, 11) is 3.62. The van der Waals surface area contributed by atoms with Gasteiger partial charge in [-0.1, -0.05) is 32.6 Å². The first-order valence-electron chi connectivity index (χ1n) is 10.7. The summed E-state index contributed by atoms with van der Waals surface area (Å²) in [4.78, 5) is 29.3. The molecule has 1 fully saturated rings. The van der Waals surface area contributed by atoms with E-state index in [1.165, 1.54) is 25.7 Å². The predicted molar refractivity (Wildman–Crippen MR) is 111 cm³/mol. The molecule has 1 saturated carbocycles. The van der Waals surface area contributed by atoms with E-state index in [0.29, 0.717) is 38.6 Å². The lowest BCUT2D eigenvalue weighted by Crippen LogP contribution is -2.44. The highest BCUT2D eigenvalue weighted by Crippen LogP contribution is 2.28. The van der Waals surface area contributed by atoms with Crippen LogP contribution in [0.4, 0.5) is 0 Å². The lowest BCUT2D eigenvalue weighted by molar-refractivity contribution is -0.141. The molecule has 28 heavy (non-hydrogen) atoms. The Kier molecular flexibility index (Phi) is 9.55. The number of carbonyl (C=O) groups excluding carboxylic acids is 2. The first kappa shape index (κ1) is 22.5. The van der Waals surface area contributed by atoms with Crippen LogP contribution in [0.5, 0.6) is 0 Å². The van der Waals surface area contributed by atoms with Crippen molar-refractivity contribution < 1.29 is 14.3 Å². The van der Waals surface area contributed by atoms with Gasteiger partial charge in [-0.2, -0.15) is 0 Å². The van der Waals surface area contributed by atoms with E-state index in [-0.39, 0.29) is 18.4 Å². The van der Waals surface area contributed by atoms with Gasteiger partial charge in [-0.15, -0.1) is 0 Å². The van der Waals surface area contributed by atoms with Crippen LogP contribution in [0.3, 0.4) is 0 Å². The maximum atomic E-state index is 13.0. The minimum atomic E-state index is -0.0130. The Bertz CT molecular complexity index is 608. The van der Waals surface area contributed by atoms with Crippen molar-refractivity contribution in [3.05, 3.63) is 24.0 Å². The third kappa shape index (κ3) is 6.97. The number of rotatable bonds is 12. The summed E-state index contributed by atoms with van der Waals surface area (Å²) in [6, 6.07) is 3.99. The minimum Gasteiger partial charge on any atom is -0.383 e. The van der Waals surface area contributed by atoms with Crippen LogP contribution >= 0.6 is 0 Å². The van der Waals surface area contributed by atoms with Gasteiger partial charge in [0.05, 0.1) is 19.7 Å². The summed E-state index contributed by atoms with van der Waals surface area (Å²) in [6.07, 6.45) is 9.45. The molecular formula is C22H37N3O3. The molecule has 1 heterocycles. The molecular weight excluding hydrogens is 354 g/mol. The minimum absolute atomic E-state index is 0.0130. The van der Waals surface area contributed by atoms with Crippen molar-refractivity contribution in [3.8, 4) is 0 Å². The van der Waals surface area contributed by atoms with Gasteiger partial charge in [0.25, 0.3) is 0 Å². The fourth-order valence-electron chi connectivity index (χ4n) is 3.96. The molecule has 1 aliphatic rings. The molecule has 6 nitrogen and oxygen atoms in total. The number of hydrogen-bond donors (Lipinski definition) is 0. The van der Waals surface area contributed by atoms with Crippen molar-refractivity contribution in [2.75, 3.05) is 33.4 Å². The smallest absolute Gasteiger partial charge is 0.242 e. The van der Waals surface area contributed by atoms with E-state index in [9.17, 15) is 9.59 Å². The quantitative estimate of drug-likeness (QED) is 0.550. The van der Waals surface area contributed by atoms with Crippen LogP contribution in [-0.4, -0.2) is 59.5 Å². The molecule has 0 aromatic carbocycles. The molecule has 0 aliphatic heterocycles. The zero-order chi connectivity index (χ0) is 20.4. The number of aryl methyl sites for hydroxylation is 1. The normalized spacial score (nSPS) is 14.4. The van der Waals surface area contributed by atoms with Crippen LogP contribution in [0.15, 0.2) is 18.3 Å². The van der Waals surface area contributed by atoms with Crippen LogP contribution in [0, 0.1) is 5.92 Å². The SMILES string of the molecule is CCCN(CC(=O)N(CCOC)Cc1cccn1C)C(=O)CCC1CCCC1. The monoisotopic (exact) mass is 391 g/mol. The number of hydrogen-bond acceptors (Lipinski definition) is 3. The number of methoxy groups -OCH3 is 1. The van der Waals surface area contributed by atoms with Gasteiger partial charge in [0.2, 0.25) is 11.8 Å². The van der Waals surface area contributed by atoms with Crippen molar-refractivity contribution in [2.24, 2.45) is 13.0 Å². The Morgan fingerprint density at radius 1 is 1.18 bits per heavy atom. The predicted octanol–water partition coefficient (Wildman–Crippen LogP) is 3.21. The highest BCUT2D eigenvalue weighted by molar-refractivity contribution is 5.84. The number of ether oxygens (including phenoxy) is 1. The van der Waals surface area contributed by atoms with E-state index in [1.54, 1.807) is 16.9 Å². The maximum absolute atomic E-state index is 13.0. The Balaban J connectivity index is 1.95. The highest BCUT2D eigenvalue weighted by atomic mass is 16.5. The van der Waals surface area contributed by atoms with Crippen molar-refractivity contribution in [1.82, 2.24) is 14.4 Å². The second kappa shape index (κ2) is 11.9. The zero-order valence-corrected chi connectivity index (χ0v) is 17.9. The molecule has 1 aliphatic carbocycles. The van der Waals surface area contributed by atoms with Crippen molar-refractivity contribution in [2.45, 2.75) is 58.4 Å². The molecule has 0 radical (unpaired) electrons. The Hall–Kier alpha value is -1.82.